The Morgan fingerprint density at radius 3 is 2.51 bits per heavy atom. The summed E-state index contributed by atoms with van der Waals surface area (Å²) in [4.78, 5) is 32.8. The molecule has 1 N–H and O–H groups in total. The molecule has 3 aromatic carbocycles. The highest BCUT2D eigenvalue weighted by atomic mass is 32.1. The summed E-state index contributed by atoms with van der Waals surface area (Å²) >= 11 is 1.29. The lowest BCUT2D eigenvalue weighted by atomic mass is 9.95. The molecule has 3 heterocycles. The highest BCUT2D eigenvalue weighted by Gasteiger charge is 2.48. The molecule has 37 heavy (non-hydrogen) atoms. The zero-order valence-electron chi connectivity index (χ0n) is 19.9. The molecule has 6 rings (SSSR count). The van der Waals surface area contributed by atoms with E-state index >= 15 is 0 Å². The zero-order chi connectivity index (χ0) is 25.8. The summed E-state index contributed by atoms with van der Waals surface area (Å²) in [5.74, 6) is -1.53. The number of halogens is 1. The Balaban J connectivity index is 1.55. The lowest BCUT2D eigenvalue weighted by molar-refractivity contribution is -0.132. The number of thiazole rings is 1. The molecule has 0 bridgehead atoms. The maximum atomic E-state index is 13.8. The number of aliphatic hydroxyl groups excluding tert-OH is 1. The molecule has 1 saturated heterocycles. The fraction of sp³-hybridized carbons (Fsp3) is 0.179. The Labute approximate surface area is 215 Å². The number of ketones is 1. The van der Waals surface area contributed by atoms with E-state index in [1.807, 2.05) is 26.0 Å². The lowest BCUT2D eigenvalue weighted by Gasteiger charge is -2.23. The van der Waals surface area contributed by atoms with Crippen LogP contribution in [0, 0.1) is 19.7 Å². The standard InChI is InChI=1S/C28H21FN2O5S/c1-14-11-15(2)23-21(12-14)37-28(30-23)31-24(16-3-6-18(29)7-4-16)22(26(33)27(31)34)25(32)17-5-8-19-20(13-17)36-10-9-35-19/h3-8,11-13,24,32H,9-10H2,1-2H3/t24-/m0/s1. The number of aromatic nitrogens is 1. The minimum Gasteiger partial charge on any atom is -0.507 e. The van der Waals surface area contributed by atoms with Gasteiger partial charge in [-0.05, 0) is 66.9 Å². The van der Waals surface area contributed by atoms with Crippen LogP contribution in [0.4, 0.5) is 9.52 Å². The number of rotatable bonds is 3. The maximum absolute atomic E-state index is 13.8. The van der Waals surface area contributed by atoms with Gasteiger partial charge in [0, 0.05) is 5.56 Å². The van der Waals surface area contributed by atoms with Gasteiger partial charge in [0.15, 0.2) is 16.6 Å². The van der Waals surface area contributed by atoms with Crippen LogP contribution < -0.4 is 14.4 Å². The molecular weight excluding hydrogens is 495 g/mol. The first kappa shape index (κ1) is 23.2. The third kappa shape index (κ3) is 3.82. The number of hydrogen-bond donors (Lipinski definition) is 1. The molecule has 0 unspecified atom stereocenters. The second kappa shape index (κ2) is 8.70. The lowest BCUT2D eigenvalue weighted by Crippen LogP contribution is -2.29. The summed E-state index contributed by atoms with van der Waals surface area (Å²) in [6.45, 7) is 4.68. The van der Waals surface area contributed by atoms with Gasteiger partial charge in [-0.2, -0.15) is 0 Å². The van der Waals surface area contributed by atoms with Gasteiger partial charge in [0.2, 0.25) is 0 Å². The molecule has 7 nitrogen and oxygen atoms in total. The third-order valence-corrected chi connectivity index (χ3v) is 7.47. The quantitative estimate of drug-likeness (QED) is 0.221. The van der Waals surface area contributed by atoms with E-state index in [-0.39, 0.29) is 11.3 Å². The van der Waals surface area contributed by atoms with E-state index in [1.54, 1.807) is 18.2 Å². The van der Waals surface area contributed by atoms with Gasteiger partial charge in [-0.15, -0.1) is 0 Å². The molecule has 0 saturated carbocycles. The first-order valence-corrected chi connectivity index (χ1v) is 12.5. The van der Waals surface area contributed by atoms with Crippen LogP contribution >= 0.6 is 11.3 Å². The molecule has 2 aliphatic rings. The number of Topliss-reactive ketones (excluding diaryl/α,β-unsaturated/α-hetero) is 1. The first-order valence-electron chi connectivity index (χ1n) is 11.7. The van der Waals surface area contributed by atoms with E-state index in [0.717, 1.165) is 21.3 Å². The van der Waals surface area contributed by atoms with E-state index in [9.17, 15) is 19.1 Å². The molecule has 1 atom stereocenters. The van der Waals surface area contributed by atoms with E-state index < -0.39 is 23.5 Å². The van der Waals surface area contributed by atoms with Gasteiger partial charge in [-0.25, -0.2) is 9.37 Å². The molecule has 4 aromatic rings. The molecular formula is C28H21FN2O5S. The number of carbonyl (C=O) groups excluding carboxylic acids is 2. The fourth-order valence-corrected chi connectivity index (χ4v) is 5.97. The number of aryl methyl sites for hydroxylation is 2. The number of anilines is 1. The topological polar surface area (TPSA) is 89.0 Å². The van der Waals surface area contributed by atoms with Crippen LogP contribution in [0.2, 0.25) is 0 Å². The van der Waals surface area contributed by atoms with E-state index in [1.165, 1.54) is 40.5 Å². The molecule has 186 valence electrons. The highest BCUT2D eigenvalue weighted by molar-refractivity contribution is 7.22. The van der Waals surface area contributed by atoms with Gasteiger partial charge in [-0.1, -0.05) is 29.5 Å². The summed E-state index contributed by atoms with van der Waals surface area (Å²) in [6, 6.07) is 13.3. The Hall–Kier alpha value is -4.24. The number of amides is 1. The maximum Gasteiger partial charge on any atom is 0.301 e. The monoisotopic (exact) mass is 516 g/mol. The van der Waals surface area contributed by atoms with Gasteiger partial charge >= 0.3 is 5.91 Å². The van der Waals surface area contributed by atoms with Crippen molar-refractivity contribution in [1.82, 2.24) is 4.98 Å². The highest BCUT2D eigenvalue weighted by Crippen LogP contribution is 2.45. The smallest absolute Gasteiger partial charge is 0.301 e. The van der Waals surface area contributed by atoms with Crippen molar-refractivity contribution in [1.29, 1.82) is 0 Å². The number of nitrogens with zero attached hydrogens (tertiary/aromatic N) is 2. The Kier molecular flexibility index (Phi) is 5.45. The molecule has 0 spiro atoms. The van der Waals surface area contributed by atoms with Crippen molar-refractivity contribution >= 4 is 44.1 Å². The van der Waals surface area contributed by atoms with Gasteiger partial charge in [0.1, 0.15) is 24.8 Å². The number of aliphatic hydroxyl groups is 1. The van der Waals surface area contributed by atoms with Gasteiger partial charge in [0.05, 0.1) is 21.8 Å². The van der Waals surface area contributed by atoms with Gasteiger partial charge in [-0.3, -0.25) is 14.5 Å². The molecule has 1 fully saturated rings. The summed E-state index contributed by atoms with van der Waals surface area (Å²) in [5.41, 5.74) is 3.38. The Bertz CT molecular complexity index is 1630. The minimum atomic E-state index is -1.00. The average Bonchev–Trinajstić information content (AvgIpc) is 3.42. The largest absolute Gasteiger partial charge is 0.507 e. The molecule has 9 heteroatoms. The van der Waals surface area contributed by atoms with Crippen molar-refractivity contribution in [3.05, 3.63) is 88.2 Å². The number of fused-ring (bicyclic) bond motifs is 2. The second-order valence-corrected chi connectivity index (χ2v) is 10.0. The average molecular weight is 517 g/mol. The first-order chi connectivity index (χ1) is 17.8. The molecule has 0 radical (unpaired) electrons. The van der Waals surface area contributed by atoms with Crippen LogP contribution in [0.15, 0.2) is 60.2 Å². The summed E-state index contributed by atoms with van der Waals surface area (Å²) < 4.78 is 25.9. The molecule has 1 amide bonds. The van der Waals surface area contributed by atoms with Crippen LogP contribution in [0.25, 0.3) is 16.0 Å². The Morgan fingerprint density at radius 2 is 1.76 bits per heavy atom. The minimum absolute atomic E-state index is 0.111. The Morgan fingerprint density at radius 1 is 1.03 bits per heavy atom. The number of benzene rings is 3. The van der Waals surface area contributed by atoms with Gasteiger partial charge < -0.3 is 14.6 Å². The van der Waals surface area contributed by atoms with Crippen LogP contribution in [0.1, 0.15) is 28.3 Å². The third-order valence-electron chi connectivity index (χ3n) is 6.47. The summed E-state index contributed by atoms with van der Waals surface area (Å²) in [7, 11) is 0. The van der Waals surface area contributed by atoms with Crippen molar-refractivity contribution in [2.24, 2.45) is 0 Å². The van der Waals surface area contributed by atoms with E-state index in [4.69, 9.17) is 14.5 Å². The van der Waals surface area contributed by atoms with Crippen molar-refractivity contribution in [2.45, 2.75) is 19.9 Å². The van der Waals surface area contributed by atoms with Crippen molar-refractivity contribution in [3.63, 3.8) is 0 Å². The number of hydrogen-bond acceptors (Lipinski definition) is 7. The van der Waals surface area contributed by atoms with Crippen molar-refractivity contribution < 1.29 is 28.6 Å². The predicted octanol–water partition coefficient (Wildman–Crippen LogP) is 5.45. The number of ether oxygens (including phenoxy) is 2. The van der Waals surface area contributed by atoms with Crippen LogP contribution in [-0.4, -0.2) is 35.0 Å². The normalized spacial score (nSPS) is 18.6. The van der Waals surface area contributed by atoms with Crippen LogP contribution in [0.5, 0.6) is 11.5 Å². The fourth-order valence-electron chi connectivity index (χ4n) is 4.80. The van der Waals surface area contributed by atoms with E-state index in [0.29, 0.717) is 41.0 Å². The molecule has 1 aromatic heterocycles. The van der Waals surface area contributed by atoms with E-state index in [2.05, 4.69) is 0 Å². The van der Waals surface area contributed by atoms with Crippen molar-refractivity contribution in [3.8, 4) is 11.5 Å². The van der Waals surface area contributed by atoms with Crippen LogP contribution in [-0.2, 0) is 9.59 Å². The predicted molar refractivity (Wildman–Crippen MR) is 138 cm³/mol. The SMILES string of the molecule is Cc1cc(C)c2nc(N3C(=O)C(=O)C(=C(O)c4ccc5c(c4)OCCO5)[C@@H]3c3ccc(F)cc3)sc2c1. The van der Waals surface area contributed by atoms with Crippen LogP contribution in [0.3, 0.4) is 0 Å². The molecule has 2 aliphatic heterocycles. The zero-order valence-corrected chi connectivity index (χ0v) is 20.8. The summed E-state index contributed by atoms with van der Waals surface area (Å²) in [6.07, 6.45) is 0. The second-order valence-electron chi connectivity index (χ2n) is 9.00. The molecule has 0 aliphatic carbocycles. The van der Waals surface area contributed by atoms with Gasteiger partial charge in [0.25, 0.3) is 5.78 Å². The van der Waals surface area contributed by atoms with Crippen molar-refractivity contribution in [2.75, 3.05) is 18.1 Å². The number of carbonyl (C=O) groups is 2. The summed E-state index contributed by atoms with van der Waals surface area (Å²) in [5, 5.41) is 11.7.